The Hall–Kier alpha value is -4.18. The van der Waals surface area contributed by atoms with Crippen LogP contribution in [0.1, 0.15) is 40.0 Å². The number of aromatic nitrogens is 5. The summed E-state index contributed by atoms with van der Waals surface area (Å²) in [5.41, 5.74) is 9.09. The minimum absolute atomic E-state index is 0.270. The molecule has 7 heteroatoms. The van der Waals surface area contributed by atoms with Gasteiger partial charge in [-0.2, -0.15) is 5.26 Å². The van der Waals surface area contributed by atoms with E-state index in [9.17, 15) is 5.26 Å². The van der Waals surface area contributed by atoms with Crippen molar-refractivity contribution in [3.8, 4) is 6.07 Å². The zero-order chi connectivity index (χ0) is 20.1. The topological polar surface area (TPSA) is 114 Å². The molecule has 0 bridgehead atoms. The van der Waals surface area contributed by atoms with Crippen molar-refractivity contribution < 1.29 is 0 Å². The van der Waals surface area contributed by atoms with E-state index in [1.54, 1.807) is 49.3 Å². The molecule has 0 aliphatic rings. The van der Waals surface area contributed by atoms with Gasteiger partial charge in [-0.1, -0.05) is 18.2 Å². The predicted molar refractivity (Wildman–Crippen MR) is 108 cm³/mol. The lowest BCUT2D eigenvalue weighted by Crippen LogP contribution is -2.19. The summed E-state index contributed by atoms with van der Waals surface area (Å²) < 4.78 is 0. The Morgan fingerprint density at radius 2 is 1.69 bits per heavy atom. The van der Waals surface area contributed by atoms with Gasteiger partial charge in [-0.05, 0) is 35.4 Å². The standard InChI is InChI=1S/C22H17N7/c23-12-15-3-1-4-16(11-15)21(22-28-8-6-19(24)29-22)20(17-5-2-7-25-13-17)18-14-26-9-10-27-18/h1-11,13-14,20-21H,(H2,24,28,29). The number of pyridine rings is 1. The van der Waals surface area contributed by atoms with Gasteiger partial charge in [0.05, 0.1) is 23.2 Å². The van der Waals surface area contributed by atoms with Crippen LogP contribution < -0.4 is 5.73 Å². The first-order valence-corrected chi connectivity index (χ1v) is 9.00. The maximum absolute atomic E-state index is 9.40. The van der Waals surface area contributed by atoms with E-state index in [0.717, 1.165) is 16.8 Å². The van der Waals surface area contributed by atoms with Crippen LogP contribution in [-0.2, 0) is 0 Å². The summed E-state index contributed by atoms with van der Waals surface area (Å²) in [4.78, 5) is 22.1. The zero-order valence-corrected chi connectivity index (χ0v) is 15.4. The van der Waals surface area contributed by atoms with E-state index in [0.29, 0.717) is 17.2 Å². The van der Waals surface area contributed by atoms with Crippen molar-refractivity contribution in [2.24, 2.45) is 0 Å². The number of rotatable bonds is 5. The molecule has 29 heavy (non-hydrogen) atoms. The Morgan fingerprint density at radius 3 is 2.41 bits per heavy atom. The molecule has 140 valence electrons. The normalized spacial score (nSPS) is 12.7. The second kappa shape index (κ2) is 8.23. The van der Waals surface area contributed by atoms with Crippen LogP contribution in [0.4, 0.5) is 5.82 Å². The lowest BCUT2D eigenvalue weighted by molar-refractivity contribution is 0.633. The van der Waals surface area contributed by atoms with Gasteiger partial charge in [-0.15, -0.1) is 0 Å². The summed E-state index contributed by atoms with van der Waals surface area (Å²) in [6, 6.07) is 15.1. The molecular weight excluding hydrogens is 362 g/mol. The summed E-state index contributed by atoms with van der Waals surface area (Å²) in [6.07, 6.45) is 10.2. The number of hydrogen-bond acceptors (Lipinski definition) is 7. The smallest absolute Gasteiger partial charge is 0.139 e. The number of anilines is 1. The van der Waals surface area contributed by atoms with Crippen LogP contribution in [0.5, 0.6) is 0 Å². The first-order valence-electron chi connectivity index (χ1n) is 9.00. The Labute approximate surface area is 168 Å². The molecule has 4 rings (SSSR count). The molecule has 0 spiro atoms. The molecule has 0 aliphatic heterocycles. The lowest BCUT2D eigenvalue weighted by Gasteiger charge is -2.26. The number of nitriles is 1. The minimum atomic E-state index is -0.340. The summed E-state index contributed by atoms with van der Waals surface area (Å²) in [5, 5.41) is 9.40. The number of nitrogen functional groups attached to an aromatic ring is 1. The Bertz CT molecular complexity index is 1100. The molecular formula is C22H17N7. The highest BCUT2D eigenvalue weighted by molar-refractivity contribution is 5.43. The number of nitrogens with two attached hydrogens (primary N) is 1. The zero-order valence-electron chi connectivity index (χ0n) is 15.4. The van der Waals surface area contributed by atoms with E-state index in [1.807, 2.05) is 30.3 Å². The summed E-state index contributed by atoms with van der Waals surface area (Å²) in [7, 11) is 0. The van der Waals surface area contributed by atoms with Gasteiger partial charge in [0, 0.05) is 43.1 Å². The number of nitrogens with zero attached hydrogens (tertiary/aromatic N) is 6. The Balaban J connectivity index is 1.97. The van der Waals surface area contributed by atoms with Crippen LogP contribution in [0.3, 0.4) is 0 Å². The fourth-order valence-electron chi connectivity index (χ4n) is 3.40. The third-order valence-corrected chi connectivity index (χ3v) is 4.63. The summed E-state index contributed by atoms with van der Waals surface area (Å²) in [6.45, 7) is 0. The molecule has 0 fully saturated rings. The summed E-state index contributed by atoms with van der Waals surface area (Å²) in [5.74, 6) is 0.306. The molecule has 0 amide bonds. The van der Waals surface area contributed by atoms with Gasteiger partial charge in [-0.3, -0.25) is 15.0 Å². The highest BCUT2D eigenvalue weighted by Crippen LogP contribution is 2.40. The van der Waals surface area contributed by atoms with E-state index in [4.69, 9.17) is 5.73 Å². The van der Waals surface area contributed by atoms with Crippen LogP contribution in [0.25, 0.3) is 0 Å². The van der Waals surface area contributed by atoms with Crippen LogP contribution >= 0.6 is 0 Å². The van der Waals surface area contributed by atoms with Crippen LogP contribution in [0, 0.1) is 11.3 Å². The second-order valence-corrected chi connectivity index (χ2v) is 6.45. The van der Waals surface area contributed by atoms with E-state index >= 15 is 0 Å². The Kier molecular flexibility index (Phi) is 5.16. The van der Waals surface area contributed by atoms with Crippen molar-refractivity contribution >= 4 is 5.82 Å². The van der Waals surface area contributed by atoms with Crippen molar-refractivity contribution in [2.45, 2.75) is 11.8 Å². The van der Waals surface area contributed by atoms with Crippen LogP contribution in [0.15, 0.2) is 79.6 Å². The quantitative estimate of drug-likeness (QED) is 0.566. The molecule has 0 saturated carbocycles. The monoisotopic (exact) mass is 379 g/mol. The molecule has 0 radical (unpaired) electrons. The average Bonchev–Trinajstić information content (AvgIpc) is 2.78. The predicted octanol–water partition coefficient (Wildman–Crippen LogP) is 3.08. The van der Waals surface area contributed by atoms with E-state index in [-0.39, 0.29) is 11.8 Å². The molecule has 2 unspecified atom stereocenters. The molecule has 3 aromatic heterocycles. The van der Waals surface area contributed by atoms with Crippen molar-refractivity contribution in [3.05, 3.63) is 108 Å². The highest BCUT2D eigenvalue weighted by Gasteiger charge is 2.32. The van der Waals surface area contributed by atoms with E-state index in [1.165, 1.54) is 0 Å². The van der Waals surface area contributed by atoms with Crippen molar-refractivity contribution in [2.75, 3.05) is 5.73 Å². The first-order chi connectivity index (χ1) is 14.3. The van der Waals surface area contributed by atoms with E-state index in [2.05, 4.69) is 31.0 Å². The van der Waals surface area contributed by atoms with Crippen molar-refractivity contribution in [1.29, 1.82) is 5.26 Å². The fraction of sp³-hybridized carbons (Fsp3) is 0.0909. The Morgan fingerprint density at radius 1 is 0.828 bits per heavy atom. The second-order valence-electron chi connectivity index (χ2n) is 6.45. The number of benzene rings is 1. The van der Waals surface area contributed by atoms with Gasteiger partial charge in [-0.25, -0.2) is 9.97 Å². The van der Waals surface area contributed by atoms with Crippen LogP contribution in [0.2, 0.25) is 0 Å². The highest BCUT2D eigenvalue weighted by atomic mass is 14.9. The van der Waals surface area contributed by atoms with Gasteiger partial charge in [0.25, 0.3) is 0 Å². The largest absolute Gasteiger partial charge is 0.384 e. The van der Waals surface area contributed by atoms with Crippen molar-refractivity contribution in [3.63, 3.8) is 0 Å². The van der Waals surface area contributed by atoms with Crippen LogP contribution in [-0.4, -0.2) is 24.9 Å². The number of hydrogen-bond donors (Lipinski definition) is 1. The fourth-order valence-corrected chi connectivity index (χ4v) is 3.40. The maximum Gasteiger partial charge on any atom is 0.139 e. The lowest BCUT2D eigenvalue weighted by atomic mass is 9.79. The van der Waals surface area contributed by atoms with Crippen molar-refractivity contribution in [1.82, 2.24) is 24.9 Å². The first kappa shape index (κ1) is 18.2. The minimum Gasteiger partial charge on any atom is -0.384 e. The SMILES string of the molecule is N#Cc1cccc(C(c2nccc(N)n2)C(c2cccnc2)c2cnccn2)c1. The third kappa shape index (κ3) is 3.92. The van der Waals surface area contributed by atoms with Gasteiger partial charge in [0.1, 0.15) is 11.6 Å². The molecule has 4 aromatic rings. The van der Waals surface area contributed by atoms with Gasteiger partial charge in [0.2, 0.25) is 0 Å². The molecule has 0 aliphatic carbocycles. The molecule has 0 saturated heterocycles. The molecule has 3 heterocycles. The van der Waals surface area contributed by atoms with E-state index < -0.39 is 0 Å². The molecule has 2 N–H and O–H groups in total. The molecule has 7 nitrogen and oxygen atoms in total. The summed E-state index contributed by atoms with van der Waals surface area (Å²) >= 11 is 0. The third-order valence-electron chi connectivity index (χ3n) is 4.63. The average molecular weight is 379 g/mol. The van der Waals surface area contributed by atoms with Gasteiger partial charge in [0.15, 0.2) is 0 Å². The maximum atomic E-state index is 9.40. The van der Waals surface area contributed by atoms with Gasteiger partial charge < -0.3 is 5.73 Å². The molecule has 2 atom stereocenters. The van der Waals surface area contributed by atoms with Gasteiger partial charge >= 0.3 is 0 Å². The molecule has 1 aromatic carbocycles.